The van der Waals surface area contributed by atoms with E-state index in [1.165, 1.54) is 5.56 Å². The van der Waals surface area contributed by atoms with Gasteiger partial charge in [0.1, 0.15) is 12.4 Å². The highest BCUT2D eigenvalue weighted by molar-refractivity contribution is 7.80. The Morgan fingerprint density at radius 3 is 2.40 bits per heavy atom. The van der Waals surface area contributed by atoms with E-state index in [0.29, 0.717) is 17.6 Å². The van der Waals surface area contributed by atoms with Crippen molar-refractivity contribution in [1.82, 2.24) is 5.32 Å². The summed E-state index contributed by atoms with van der Waals surface area (Å²) in [5.74, 6) is 1.38. The van der Waals surface area contributed by atoms with Crippen molar-refractivity contribution in [3.8, 4) is 5.75 Å². The largest absolute Gasteiger partial charge is 0.490 e. The van der Waals surface area contributed by atoms with E-state index in [0.717, 1.165) is 17.9 Å². The van der Waals surface area contributed by atoms with Crippen LogP contribution in [-0.4, -0.2) is 11.7 Å². The van der Waals surface area contributed by atoms with Crippen molar-refractivity contribution >= 4 is 23.0 Å². The molecule has 0 aliphatic carbocycles. The molecule has 2 aromatic rings. The van der Waals surface area contributed by atoms with E-state index in [1.54, 1.807) is 6.08 Å². The molecular weight excluding hydrogens is 328 g/mol. The van der Waals surface area contributed by atoms with Gasteiger partial charge in [0.05, 0.1) is 6.04 Å². The first-order valence-corrected chi connectivity index (χ1v) is 8.95. The number of hydrogen-bond donors (Lipinski definition) is 2. The standard InChI is InChI=1S/C21H26N2OS/c1-4-14-24-19-12-10-18(11-13-19)22-21(25)23-20(15-16(2)3)17-8-6-5-7-9-17/h4-13,16,20H,1,14-15H2,2-3H3,(H2,22,23,25)/t20-/m0/s1. The van der Waals surface area contributed by atoms with Gasteiger partial charge in [0.15, 0.2) is 5.11 Å². The van der Waals surface area contributed by atoms with Gasteiger partial charge in [-0.2, -0.15) is 0 Å². The van der Waals surface area contributed by atoms with E-state index < -0.39 is 0 Å². The van der Waals surface area contributed by atoms with Crippen molar-refractivity contribution in [2.24, 2.45) is 5.92 Å². The maximum Gasteiger partial charge on any atom is 0.171 e. The molecule has 25 heavy (non-hydrogen) atoms. The van der Waals surface area contributed by atoms with Crippen molar-refractivity contribution in [2.45, 2.75) is 26.3 Å². The number of anilines is 1. The topological polar surface area (TPSA) is 33.3 Å². The molecule has 0 radical (unpaired) electrons. The molecule has 2 aromatic carbocycles. The fourth-order valence-corrected chi connectivity index (χ4v) is 2.81. The Morgan fingerprint density at radius 2 is 1.80 bits per heavy atom. The predicted octanol–water partition coefficient (Wildman–Crippen LogP) is 5.33. The summed E-state index contributed by atoms with van der Waals surface area (Å²) >= 11 is 5.50. The van der Waals surface area contributed by atoms with Gasteiger partial charge >= 0.3 is 0 Å². The maximum atomic E-state index is 5.50. The second kappa shape index (κ2) is 9.84. The molecule has 3 nitrogen and oxygen atoms in total. The molecule has 2 N–H and O–H groups in total. The fourth-order valence-electron chi connectivity index (χ4n) is 2.55. The fraction of sp³-hybridized carbons (Fsp3) is 0.286. The van der Waals surface area contributed by atoms with E-state index >= 15 is 0 Å². The molecule has 0 saturated carbocycles. The summed E-state index contributed by atoms with van der Waals surface area (Å²) in [5.41, 5.74) is 2.17. The predicted molar refractivity (Wildman–Crippen MR) is 110 cm³/mol. The molecule has 0 spiro atoms. The highest BCUT2D eigenvalue weighted by Gasteiger charge is 2.14. The summed E-state index contributed by atoms with van der Waals surface area (Å²) in [6.45, 7) is 8.58. The molecule has 0 heterocycles. The molecule has 0 fully saturated rings. The van der Waals surface area contributed by atoms with Gasteiger partial charge in [-0.25, -0.2) is 0 Å². The Morgan fingerprint density at radius 1 is 1.12 bits per heavy atom. The van der Waals surface area contributed by atoms with E-state index in [9.17, 15) is 0 Å². The lowest BCUT2D eigenvalue weighted by Crippen LogP contribution is -2.33. The van der Waals surface area contributed by atoms with Crippen LogP contribution in [0.1, 0.15) is 31.9 Å². The van der Waals surface area contributed by atoms with Crippen LogP contribution in [0.5, 0.6) is 5.75 Å². The highest BCUT2D eigenvalue weighted by atomic mass is 32.1. The Bertz CT molecular complexity index is 668. The van der Waals surface area contributed by atoms with Gasteiger partial charge in [0.25, 0.3) is 0 Å². The zero-order valence-corrected chi connectivity index (χ0v) is 15.7. The number of thiocarbonyl (C=S) groups is 1. The lowest BCUT2D eigenvalue weighted by Gasteiger charge is -2.23. The summed E-state index contributed by atoms with van der Waals surface area (Å²) < 4.78 is 5.49. The molecule has 132 valence electrons. The second-order valence-corrected chi connectivity index (χ2v) is 6.72. The van der Waals surface area contributed by atoms with Crippen molar-refractivity contribution in [2.75, 3.05) is 11.9 Å². The van der Waals surface area contributed by atoms with Crippen LogP contribution in [0.3, 0.4) is 0 Å². The van der Waals surface area contributed by atoms with Crippen molar-refractivity contribution in [3.05, 3.63) is 72.8 Å². The van der Waals surface area contributed by atoms with Crippen LogP contribution in [0.4, 0.5) is 5.69 Å². The van der Waals surface area contributed by atoms with Gasteiger partial charge < -0.3 is 15.4 Å². The van der Waals surface area contributed by atoms with E-state index in [-0.39, 0.29) is 6.04 Å². The number of benzene rings is 2. The number of hydrogen-bond acceptors (Lipinski definition) is 2. The van der Waals surface area contributed by atoms with Crippen molar-refractivity contribution in [1.29, 1.82) is 0 Å². The Labute approximate surface area is 156 Å². The lowest BCUT2D eigenvalue weighted by molar-refractivity contribution is 0.363. The molecule has 0 aromatic heterocycles. The van der Waals surface area contributed by atoms with Gasteiger partial charge in [-0.15, -0.1) is 0 Å². The first-order chi connectivity index (χ1) is 12.1. The monoisotopic (exact) mass is 354 g/mol. The van der Waals surface area contributed by atoms with Gasteiger partial charge in [-0.3, -0.25) is 0 Å². The van der Waals surface area contributed by atoms with Gasteiger partial charge in [-0.1, -0.05) is 56.8 Å². The SMILES string of the molecule is C=CCOc1ccc(NC(=S)N[C@@H](CC(C)C)c2ccccc2)cc1. The molecule has 0 amide bonds. The molecule has 0 aliphatic rings. The van der Waals surface area contributed by atoms with Crippen molar-refractivity contribution < 1.29 is 4.74 Å². The zero-order chi connectivity index (χ0) is 18.1. The Balaban J connectivity index is 1.97. The molecule has 0 saturated heterocycles. The van der Waals surface area contributed by atoms with Gasteiger partial charge in [0, 0.05) is 5.69 Å². The molecule has 2 rings (SSSR count). The zero-order valence-electron chi connectivity index (χ0n) is 14.9. The van der Waals surface area contributed by atoms with Crippen LogP contribution >= 0.6 is 12.2 Å². The third kappa shape index (κ3) is 6.59. The van der Waals surface area contributed by atoms with Crippen LogP contribution in [0.15, 0.2) is 67.3 Å². The lowest BCUT2D eigenvalue weighted by atomic mass is 9.97. The van der Waals surface area contributed by atoms with Crippen molar-refractivity contribution in [3.63, 3.8) is 0 Å². The molecule has 0 aliphatic heterocycles. The first kappa shape index (κ1) is 19.0. The van der Waals surface area contributed by atoms with E-state index in [1.807, 2.05) is 30.3 Å². The summed E-state index contributed by atoms with van der Waals surface area (Å²) in [6.07, 6.45) is 2.74. The third-order valence-electron chi connectivity index (χ3n) is 3.69. The smallest absolute Gasteiger partial charge is 0.171 e. The van der Waals surface area contributed by atoms with Crippen LogP contribution in [0.2, 0.25) is 0 Å². The average Bonchev–Trinajstić information content (AvgIpc) is 2.61. The number of nitrogens with one attached hydrogen (secondary N) is 2. The molecule has 0 bridgehead atoms. The minimum absolute atomic E-state index is 0.191. The average molecular weight is 355 g/mol. The van der Waals surface area contributed by atoms with Crippen LogP contribution in [0.25, 0.3) is 0 Å². The highest BCUT2D eigenvalue weighted by Crippen LogP contribution is 2.22. The summed E-state index contributed by atoms with van der Waals surface area (Å²) in [5, 5.41) is 7.30. The summed E-state index contributed by atoms with van der Waals surface area (Å²) in [7, 11) is 0. The minimum atomic E-state index is 0.191. The van der Waals surface area contributed by atoms with Crippen LogP contribution in [-0.2, 0) is 0 Å². The van der Waals surface area contributed by atoms with E-state index in [2.05, 4.69) is 55.3 Å². The quantitative estimate of drug-likeness (QED) is 0.496. The van der Waals surface area contributed by atoms with Crippen LogP contribution < -0.4 is 15.4 Å². The Kier molecular flexibility index (Phi) is 7.48. The second-order valence-electron chi connectivity index (χ2n) is 6.32. The minimum Gasteiger partial charge on any atom is -0.490 e. The maximum absolute atomic E-state index is 5.50. The summed E-state index contributed by atoms with van der Waals surface area (Å²) in [6, 6.07) is 18.3. The molecule has 4 heteroatoms. The van der Waals surface area contributed by atoms with Gasteiger partial charge in [-0.05, 0) is 54.4 Å². The third-order valence-corrected chi connectivity index (χ3v) is 3.91. The number of ether oxygens (including phenoxy) is 1. The molecule has 1 atom stereocenters. The van der Waals surface area contributed by atoms with Crippen LogP contribution in [0, 0.1) is 5.92 Å². The normalized spacial score (nSPS) is 11.6. The molecule has 0 unspecified atom stereocenters. The van der Waals surface area contributed by atoms with E-state index in [4.69, 9.17) is 17.0 Å². The summed E-state index contributed by atoms with van der Waals surface area (Å²) in [4.78, 5) is 0. The number of rotatable bonds is 8. The van der Waals surface area contributed by atoms with Gasteiger partial charge in [0.2, 0.25) is 0 Å². The Hall–Kier alpha value is -2.33. The molecular formula is C21H26N2OS. The first-order valence-electron chi connectivity index (χ1n) is 8.54.